The average molecular weight is 360 g/mol. The van der Waals surface area contributed by atoms with E-state index in [1.165, 1.54) is 18.2 Å². The molecular weight excluding hydrogens is 349 g/mol. The standard InChI is InChI=1S/C13H11F2IN2/c1-17-13(8-4-10(15)7-18-6-8)11-3-2-9(14)5-12(11)16/h2-7,13,17H,1H3. The van der Waals surface area contributed by atoms with Gasteiger partial charge in [-0.3, -0.25) is 4.98 Å². The number of nitrogens with one attached hydrogen (secondary N) is 1. The summed E-state index contributed by atoms with van der Waals surface area (Å²) in [6.45, 7) is 0. The molecule has 0 radical (unpaired) electrons. The second kappa shape index (κ2) is 5.71. The van der Waals surface area contributed by atoms with Crippen LogP contribution in [0.1, 0.15) is 17.2 Å². The molecule has 1 aromatic heterocycles. The highest BCUT2D eigenvalue weighted by atomic mass is 127. The molecule has 0 bridgehead atoms. The van der Waals surface area contributed by atoms with Gasteiger partial charge in [0.1, 0.15) is 11.6 Å². The van der Waals surface area contributed by atoms with Gasteiger partial charge in [-0.05, 0) is 59.0 Å². The Balaban J connectivity index is 2.45. The minimum Gasteiger partial charge on any atom is -0.309 e. The lowest BCUT2D eigenvalue weighted by Crippen LogP contribution is -2.19. The number of nitrogens with zero attached hydrogens (tertiary/aromatic N) is 1. The second-order valence-electron chi connectivity index (χ2n) is 3.82. The fourth-order valence-corrected chi connectivity index (χ4v) is 2.61. The van der Waals surface area contributed by atoms with Crippen molar-refractivity contribution in [2.24, 2.45) is 0 Å². The molecule has 1 heterocycles. The highest BCUT2D eigenvalue weighted by Crippen LogP contribution is 2.26. The van der Waals surface area contributed by atoms with Crippen molar-refractivity contribution in [3.05, 3.63) is 63.0 Å². The van der Waals surface area contributed by atoms with Gasteiger partial charge in [-0.2, -0.15) is 0 Å². The highest BCUT2D eigenvalue weighted by molar-refractivity contribution is 14.1. The first-order valence-corrected chi connectivity index (χ1v) is 6.42. The highest BCUT2D eigenvalue weighted by Gasteiger charge is 2.16. The summed E-state index contributed by atoms with van der Waals surface area (Å²) < 4.78 is 27.1. The Labute approximate surface area is 118 Å². The quantitative estimate of drug-likeness (QED) is 0.850. The first-order valence-electron chi connectivity index (χ1n) is 5.34. The summed E-state index contributed by atoms with van der Waals surface area (Å²) in [6, 6.07) is 5.76. The predicted molar refractivity (Wildman–Crippen MR) is 74.2 cm³/mol. The molecule has 1 unspecified atom stereocenters. The van der Waals surface area contributed by atoms with Crippen LogP contribution < -0.4 is 5.32 Å². The Morgan fingerprint density at radius 3 is 2.56 bits per heavy atom. The van der Waals surface area contributed by atoms with E-state index in [0.717, 1.165) is 15.3 Å². The number of benzene rings is 1. The van der Waals surface area contributed by atoms with Crippen molar-refractivity contribution in [2.75, 3.05) is 7.05 Å². The maximum absolute atomic E-state index is 13.2. The molecule has 0 amide bonds. The maximum atomic E-state index is 13.2. The van der Waals surface area contributed by atoms with Crippen LogP contribution in [0.2, 0.25) is 0 Å². The van der Waals surface area contributed by atoms with Crippen molar-refractivity contribution in [2.45, 2.75) is 6.04 Å². The fourth-order valence-electron chi connectivity index (χ4n) is 1.82. The van der Waals surface area contributed by atoms with Crippen LogP contribution in [-0.4, -0.2) is 12.0 Å². The van der Waals surface area contributed by atoms with Crippen LogP contribution in [0, 0.1) is 15.2 Å². The molecule has 1 atom stereocenters. The number of rotatable bonds is 3. The molecule has 94 valence electrons. The van der Waals surface area contributed by atoms with E-state index < -0.39 is 0 Å². The number of pyridine rings is 1. The molecule has 0 aliphatic carbocycles. The van der Waals surface area contributed by atoms with Crippen LogP contribution >= 0.6 is 22.6 Å². The molecule has 18 heavy (non-hydrogen) atoms. The van der Waals surface area contributed by atoms with Crippen LogP contribution in [0.4, 0.5) is 8.78 Å². The molecule has 0 aliphatic rings. The van der Waals surface area contributed by atoms with Gasteiger partial charge < -0.3 is 5.32 Å². The molecule has 1 N–H and O–H groups in total. The van der Waals surface area contributed by atoms with E-state index in [1.807, 2.05) is 0 Å². The molecule has 2 rings (SSSR count). The van der Waals surface area contributed by atoms with Crippen molar-refractivity contribution in [1.82, 2.24) is 10.3 Å². The zero-order valence-corrected chi connectivity index (χ0v) is 11.8. The predicted octanol–water partition coefficient (Wildman–Crippen LogP) is 3.27. The van der Waals surface area contributed by atoms with Crippen molar-refractivity contribution < 1.29 is 8.78 Å². The van der Waals surface area contributed by atoms with E-state index in [-0.39, 0.29) is 17.7 Å². The van der Waals surface area contributed by atoms with Gasteiger partial charge in [0.15, 0.2) is 0 Å². The van der Waals surface area contributed by atoms with Crippen LogP contribution in [-0.2, 0) is 0 Å². The van der Waals surface area contributed by atoms with Crippen LogP contribution in [0.25, 0.3) is 0 Å². The van der Waals surface area contributed by atoms with Crippen molar-refractivity contribution in [3.63, 3.8) is 0 Å². The Bertz CT molecular complexity index is 560. The van der Waals surface area contributed by atoms with E-state index in [0.29, 0.717) is 5.56 Å². The molecule has 1 aromatic carbocycles. The Morgan fingerprint density at radius 1 is 1.17 bits per heavy atom. The molecule has 0 fully saturated rings. The van der Waals surface area contributed by atoms with Gasteiger partial charge in [0.2, 0.25) is 0 Å². The fraction of sp³-hybridized carbons (Fsp3) is 0.154. The summed E-state index contributed by atoms with van der Waals surface area (Å²) in [6.07, 6.45) is 2.76. The van der Waals surface area contributed by atoms with Gasteiger partial charge in [0.25, 0.3) is 0 Å². The van der Waals surface area contributed by atoms with Gasteiger partial charge in [-0.15, -0.1) is 0 Å². The van der Waals surface area contributed by atoms with Gasteiger partial charge >= 0.3 is 0 Å². The minimum atomic E-state index is -0.384. The van der Waals surface area contributed by atoms with E-state index in [4.69, 9.17) is 0 Å². The lowest BCUT2D eigenvalue weighted by atomic mass is 10.0. The number of aromatic nitrogens is 1. The minimum absolute atomic E-state index is 0.208. The molecule has 0 aliphatic heterocycles. The van der Waals surface area contributed by atoms with Crippen molar-refractivity contribution in [1.29, 1.82) is 0 Å². The number of hydrogen-bond donors (Lipinski definition) is 1. The summed E-state index contributed by atoms with van der Waals surface area (Å²) in [4.78, 5) is 3.83. The van der Waals surface area contributed by atoms with Crippen LogP contribution in [0.5, 0.6) is 0 Å². The lowest BCUT2D eigenvalue weighted by molar-refractivity contribution is 0.605. The maximum Gasteiger partial charge on any atom is 0.141 e. The molecule has 0 saturated carbocycles. The summed E-state index contributed by atoms with van der Waals surface area (Å²) in [5, 5.41) is 3.09. The first kappa shape index (κ1) is 13.4. The largest absolute Gasteiger partial charge is 0.309 e. The third-order valence-electron chi connectivity index (χ3n) is 2.62. The molecule has 5 heteroatoms. The molecule has 2 aromatic rings. The summed E-state index contributed by atoms with van der Waals surface area (Å²) in [5.41, 5.74) is 1.61. The van der Waals surface area contributed by atoms with Gasteiger partial charge in [0.05, 0.1) is 12.2 Å². The summed E-state index contributed by atoms with van der Waals surface area (Å²) >= 11 is 2.07. The Hall–Kier alpha value is -1.08. The Kier molecular flexibility index (Phi) is 4.23. The molecule has 0 saturated heterocycles. The van der Waals surface area contributed by atoms with Gasteiger partial charge in [-0.1, -0.05) is 6.07 Å². The van der Waals surface area contributed by atoms with E-state index >= 15 is 0 Å². The lowest BCUT2D eigenvalue weighted by Gasteiger charge is -2.18. The van der Waals surface area contributed by atoms with Gasteiger partial charge in [-0.25, -0.2) is 8.78 Å². The van der Waals surface area contributed by atoms with Crippen molar-refractivity contribution >= 4 is 22.6 Å². The summed E-state index contributed by atoms with van der Waals surface area (Å²) in [5.74, 6) is -0.666. The van der Waals surface area contributed by atoms with Gasteiger partial charge in [0, 0.05) is 9.77 Å². The molecular formula is C13H11F2IN2. The monoisotopic (exact) mass is 360 g/mol. The number of halogens is 3. The van der Waals surface area contributed by atoms with E-state index in [9.17, 15) is 8.78 Å². The first-order chi connectivity index (χ1) is 8.61. The SMILES string of the molecule is CNC(c1cncc(F)c1)c1ccc(F)cc1I. The third-order valence-corrected chi connectivity index (χ3v) is 3.56. The number of hydrogen-bond acceptors (Lipinski definition) is 2. The van der Waals surface area contributed by atoms with E-state index in [1.54, 1.807) is 19.3 Å². The normalized spacial score (nSPS) is 12.4. The smallest absolute Gasteiger partial charge is 0.141 e. The summed E-state index contributed by atoms with van der Waals surface area (Å²) in [7, 11) is 1.77. The van der Waals surface area contributed by atoms with Crippen molar-refractivity contribution in [3.8, 4) is 0 Å². The zero-order chi connectivity index (χ0) is 13.1. The topological polar surface area (TPSA) is 24.9 Å². The molecule has 0 spiro atoms. The van der Waals surface area contributed by atoms with Crippen LogP contribution in [0.3, 0.4) is 0 Å². The Morgan fingerprint density at radius 2 is 1.94 bits per heavy atom. The second-order valence-corrected chi connectivity index (χ2v) is 4.99. The third kappa shape index (κ3) is 2.84. The average Bonchev–Trinajstić information content (AvgIpc) is 2.33. The molecule has 2 nitrogen and oxygen atoms in total. The zero-order valence-electron chi connectivity index (χ0n) is 9.62. The van der Waals surface area contributed by atoms with E-state index in [2.05, 4.69) is 32.9 Å². The van der Waals surface area contributed by atoms with Crippen LogP contribution in [0.15, 0.2) is 36.7 Å².